The molecular weight excluding hydrogens is 427 g/mol. The Bertz CT molecular complexity index is 993. The molecule has 0 radical (unpaired) electrons. The molecule has 0 atom stereocenters. The third kappa shape index (κ3) is 4.84. The lowest BCUT2D eigenvalue weighted by Crippen LogP contribution is -2.20. The number of anilines is 1. The van der Waals surface area contributed by atoms with Crippen LogP contribution in [0.5, 0.6) is 0 Å². The Morgan fingerprint density at radius 3 is 2.50 bits per heavy atom. The Morgan fingerprint density at radius 1 is 1.18 bits per heavy atom. The van der Waals surface area contributed by atoms with Gasteiger partial charge in [0.05, 0.1) is 16.4 Å². The molecule has 1 amide bonds. The zero-order valence-electron chi connectivity index (χ0n) is 14.6. The number of carbonyl (C=O) groups is 1. The maximum atomic E-state index is 12.9. The number of alkyl halides is 2. The van der Waals surface area contributed by atoms with Gasteiger partial charge >= 0.3 is 0 Å². The van der Waals surface area contributed by atoms with E-state index in [0.29, 0.717) is 16.4 Å². The summed E-state index contributed by atoms with van der Waals surface area (Å²) in [6, 6.07) is 14.6. The number of hydrogen-bond acceptors (Lipinski definition) is 3. The van der Waals surface area contributed by atoms with Gasteiger partial charge < -0.3 is 5.32 Å². The van der Waals surface area contributed by atoms with Gasteiger partial charge in [-0.2, -0.15) is 5.10 Å². The molecule has 0 unspecified atom stereocenters. The summed E-state index contributed by atoms with van der Waals surface area (Å²) in [6.07, 6.45) is -2.80. The first-order valence-corrected chi connectivity index (χ1v) is 9.75. The molecule has 1 aromatic heterocycles. The molecule has 146 valence electrons. The van der Waals surface area contributed by atoms with Crippen molar-refractivity contribution in [3.8, 4) is 0 Å². The normalized spacial score (nSPS) is 11.1. The average molecular weight is 442 g/mol. The molecule has 0 aliphatic heterocycles. The van der Waals surface area contributed by atoms with Gasteiger partial charge in [0.2, 0.25) is 5.91 Å². The van der Waals surface area contributed by atoms with Crippen LogP contribution in [0, 0.1) is 6.92 Å². The van der Waals surface area contributed by atoms with Crippen molar-refractivity contribution in [2.75, 3.05) is 5.32 Å². The summed E-state index contributed by atoms with van der Waals surface area (Å²) in [6.45, 7) is 1.32. The summed E-state index contributed by atoms with van der Waals surface area (Å²) >= 11 is 13.2. The molecule has 9 heteroatoms. The van der Waals surface area contributed by atoms with Gasteiger partial charge in [-0.05, 0) is 43.3 Å². The van der Waals surface area contributed by atoms with Crippen LogP contribution in [0.4, 0.5) is 14.5 Å². The minimum Gasteiger partial charge on any atom is -0.323 e. The van der Waals surface area contributed by atoms with Crippen molar-refractivity contribution >= 4 is 46.6 Å². The second-order valence-corrected chi connectivity index (χ2v) is 7.77. The number of carbonyl (C=O) groups excluding carboxylic acids is 1. The minimum atomic E-state index is -2.80. The van der Waals surface area contributed by atoms with Crippen LogP contribution < -0.4 is 5.32 Å². The summed E-state index contributed by atoms with van der Waals surface area (Å²) < 4.78 is 27.0. The van der Waals surface area contributed by atoms with E-state index < -0.39 is 18.0 Å². The second kappa shape index (κ2) is 8.94. The number of nitrogens with zero attached hydrogens (tertiary/aromatic N) is 2. The smallest absolute Gasteiger partial charge is 0.283 e. The van der Waals surface area contributed by atoms with E-state index in [4.69, 9.17) is 23.2 Å². The number of halogens is 4. The molecule has 2 aromatic carbocycles. The third-order valence-corrected chi connectivity index (χ3v) is 5.66. The van der Waals surface area contributed by atoms with Crippen LogP contribution in [0.25, 0.3) is 0 Å². The Morgan fingerprint density at radius 2 is 1.86 bits per heavy atom. The van der Waals surface area contributed by atoms with Gasteiger partial charge in [-0.1, -0.05) is 47.1 Å². The second-order valence-electron chi connectivity index (χ2n) is 5.84. The maximum absolute atomic E-state index is 12.9. The quantitative estimate of drug-likeness (QED) is 0.493. The van der Waals surface area contributed by atoms with Crippen LogP contribution in [0.2, 0.25) is 10.0 Å². The first kappa shape index (κ1) is 20.6. The fourth-order valence-electron chi connectivity index (χ4n) is 2.46. The number of para-hydroxylation sites is 1. The Kier molecular flexibility index (Phi) is 6.59. The van der Waals surface area contributed by atoms with Crippen molar-refractivity contribution in [2.45, 2.75) is 29.7 Å². The highest BCUT2D eigenvalue weighted by Crippen LogP contribution is 2.34. The third-order valence-electron chi connectivity index (χ3n) is 3.86. The fourth-order valence-corrected chi connectivity index (χ4v) is 3.70. The minimum absolute atomic E-state index is 0.124. The summed E-state index contributed by atoms with van der Waals surface area (Å²) in [5.41, 5.74) is 0.402. The fraction of sp³-hybridized carbons (Fsp3) is 0.158. The highest BCUT2D eigenvalue weighted by Gasteiger charge is 2.21. The summed E-state index contributed by atoms with van der Waals surface area (Å²) in [5.74, 6) is -0.396. The van der Waals surface area contributed by atoms with E-state index >= 15 is 0 Å². The van der Waals surface area contributed by atoms with E-state index in [1.165, 1.54) is 16.4 Å². The Hall–Kier alpha value is -2.09. The summed E-state index contributed by atoms with van der Waals surface area (Å²) in [5, 5.41) is 7.06. The molecule has 28 heavy (non-hydrogen) atoms. The van der Waals surface area contributed by atoms with E-state index in [9.17, 15) is 13.6 Å². The monoisotopic (exact) mass is 441 g/mol. The van der Waals surface area contributed by atoms with Crippen LogP contribution in [0.3, 0.4) is 0 Å². The van der Waals surface area contributed by atoms with Gasteiger partial charge in [-0.15, -0.1) is 0 Å². The van der Waals surface area contributed by atoms with Crippen molar-refractivity contribution in [3.05, 3.63) is 70.0 Å². The van der Waals surface area contributed by atoms with Gasteiger partial charge in [-0.25, -0.2) is 8.78 Å². The summed E-state index contributed by atoms with van der Waals surface area (Å²) in [4.78, 5) is 14.2. The molecule has 0 fully saturated rings. The molecular formula is C19H15Cl2F2N3OS. The van der Waals surface area contributed by atoms with Gasteiger partial charge in [0, 0.05) is 14.8 Å². The molecule has 3 aromatic rings. The van der Waals surface area contributed by atoms with Crippen molar-refractivity contribution in [2.24, 2.45) is 0 Å². The van der Waals surface area contributed by atoms with Gasteiger partial charge in [-0.3, -0.25) is 9.48 Å². The molecule has 0 spiro atoms. The van der Waals surface area contributed by atoms with E-state index in [-0.39, 0.29) is 11.6 Å². The zero-order chi connectivity index (χ0) is 20.3. The first-order chi connectivity index (χ1) is 13.3. The van der Waals surface area contributed by atoms with Gasteiger partial charge in [0.1, 0.15) is 12.2 Å². The van der Waals surface area contributed by atoms with E-state index in [0.717, 1.165) is 9.79 Å². The van der Waals surface area contributed by atoms with Gasteiger partial charge in [0.15, 0.2) is 0 Å². The molecule has 0 aliphatic rings. The lowest BCUT2D eigenvalue weighted by molar-refractivity contribution is -0.117. The molecule has 1 N–H and O–H groups in total. The number of nitrogens with one attached hydrogen (secondary N) is 1. The van der Waals surface area contributed by atoms with E-state index in [2.05, 4.69) is 10.4 Å². The molecule has 3 rings (SSSR count). The lowest BCUT2D eigenvalue weighted by Gasteiger charge is -2.11. The molecule has 0 saturated heterocycles. The number of hydrogen-bond donors (Lipinski definition) is 1. The van der Waals surface area contributed by atoms with Crippen molar-refractivity contribution in [1.29, 1.82) is 0 Å². The molecule has 4 nitrogen and oxygen atoms in total. The largest absolute Gasteiger partial charge is 0.323 e. The average Bonchev–Trinajstić information content (AvgIpc) is 2.94. The Balaban J connectivity index is 1.74. The SMILES string of the molecule is Cc1c(Cl)c(C(F)F)nn1CC(=O)Nc1ccccc1Sc1ccc(Cl)cc1. The number of amides is 1. The number of aromatic nitrogens is 2. The maximum Gasteiger partial charge on any atom is 0.283 e. The number of benzene rings is 2. The van der Waals surface area contributed by atoms with Crippen LogP contribution in [-0.2, 0) is 11.3 Å². The van der Waals surface area contributed by atoms with Crippen molar-refractivity contribution < 1.29 is 13.6 Å². The van der Waals surface area contributed by atoms with Crippen molar-refractivity contribution in [1.82, 2.24) is 9.78 Å². The first-order valence-electron chi connectivity index (χ1n) is 8.18. The highest BCUT2D eigenvalue weighted by molar-refractivity contribution is 7.99. The topological polar surface area (TPSA) is 46.9 Å². The van der Waals surface area contributed by atoms with Crippen LogP contribution in [0.15, 0.2) is 58.3 Å². The van der Waals surface area contributed by atoms with Gasteiger partial charge in [0.25, 0.3) is 6.43 Å². The highest BCUT2D eigenvalue weighted by atomic mass is 35.5. The molecule has 1 heterocycles. The van der Waals surface area contributed by atoms with E-state index in [1.54, 1.807) is 31.2 Å². The zero-order valence-corrected chi connectivity index (χ0v) is 17.0. The summed E-state index contributed by atoms with van der Waals surface area (Å²) in [7, 11) is 0. The number of rotatable bonds is 6. The molecule has 0 saturated carbocycles. The van der Waals surface area contributed by atoms with Crippen molar-refractivity contribution in [3.63, 3.8) is 0 Å². The predicted octanol–water partition coefficient (Wildman–Crippen LogP) is 6.23. The molecule has 0 aliphatic carbocycles. The predicted molar refractivity (Wildman–Crippen MR) is 108 cm³/mol. The lowest BCUT2D eigenvalue weighted by atomic mass is 10.3. The molecule has 0 bridgehead atoms. The van der Waals surface area contributed by atoms with Crippen LogP contribution in [0.1, 0.15) is 17.8 Å². The Labute approximate surface area is 174 Å². The van der Waals surface area contributed by atoms with E-state index in [1.807, 2.05) is 24.3 Å². The standard InChI is InChI=1S/C19H15Cl2F2N3OS/c1-11-17(21)18(19(22)23)25-26(11)10-16(27)24-14-4-2-3-5-15(14)28-13-8-6-12(20)7-9-13/h2-9,19H,10H2,1H3,(H,24,27). The van der Waals surface area contributed by atoms with Crippen LogP contribution >= 0.6 is 35.0 Å². The van der Waals surface area contributed by atoms with Crippen LogP contribution in [-0.4, -0.2) is 15.7 Å².